The molecular formula is C17H18FNS. The van der Waals surface area contributed by atoms with Crippen LogP contribution in [0.15, 0.2) is 53.4 Å². The first-order valence-corrected chi connectivity index (χ1v) is 7.90. The normalized spacial score (nSPS) is 18.8. The van der Waals surface area contributed by atoms with E-state index in [1.807, 2.05) is 23.9 Å². The summed E-state index contributed by atoms with van der Waals surface area (Å²) in [6.07, 6.45) is 0.993. The van der Waals surface area contributed by atoms with Crippen LogP contribution in [-0.4, -0.2) is 11.8 Å². The van der Waals surface area contributed by atoms with Crippen LogP contribution in [0.4, 0.5) is 4.39 Å². The van der Waals surface area contributed by atoms with E-state index in [0.29, 0.717) is 5.25 Å². The Hall–Kier alpha value is -1.32. The molecule has 1 nitrogen and oxygen atoms in total. The Morgan fingerprint density at radius 3 is 2.70 bits per heavy atom. The quantitative estimate of drug-likeness (QED) is 0.904. The highest BCUT2D eigenvalue weighted by atomic mass is 32.2. The largest absolute Gasteiger partial charge is 0.309 e. The second-order valence-corrected chi connectivity index (χ2v) is 6.31. The van der Waals surface area contributed by atoms with E-state index in [1.165, 1.54) is 10.5 Å². The topological polar surface area (TPSA) is 12.0 Å². The maximum atomic E-state index is 14.1. The lowest BCUT2D eigenvalue weighted by atomic mass is 9.98. The van der Waals surface area contributed by atoms with Crippen LogP contribution in [0, 0.1) is 5.82 Å². The number of halogens is 1. The molecule has 2 aromatic rings. The molecule has 2 unspecified atom stereocenters. The standard InChI is InChI=1S/C17H18FNS/c1-2-19-17(13-8-4-5-9-14(13)18)16-11-12-7-3-6-10-15(12)20-16/h3-10,16-17,19H,2,11H2,1H3. The molecule has 0 amide bonds. The minimum atomic E-state index is -0.116. The van der Waals surface area contributed by atoms with Crippen LogP contribution in [-0.2, 0) is 6.42 Å². The van der Waals surface area contributed by atoms with E-state index >= 15 is 0 Å². The average molecular weight is 287 g/mol. The molecule has 0 spiro atoms. The van der Waals surface area contributed by atoms with Gasteiger partial charge in [0.15, 0.2) is 0 Å². The molecule has 1 heterocycles. The molecule has 1 N–H and O–H groups in total. The number of hydrogen-bond acceptors (Lipinski definition) is 2. The maximum absolute atomic E-state index is 14.1. The van der Waals surface area contributed by atoms with Gasteiger partial charge in [0.05, 0.1) is 0 Å². The minimum Gasteiger partial charge on any atom is -0.309 e. The number of benzene rings is 2. The summed E-state index contributed by atoms with van der Waals surface area (Å²) in [5, 5.41) is 3.81. The fourth-order valence-electron chi connectivity index (χ4n) is 2.78. The Labute approximate surface area is 123 Å². The molecule has 0 saturated heterocycles. The van der Waals surface area contributed by atoms with Gasteiger partial charge < -0.3 is 5.32 Å². The Morgan fingerprint density at radius 2 is 1.95 bits per heavy atom. The van der Waals surface area contributed by atoms with Gasteiger partial charge in [-0.05, 0) is 30.7 Å². The fraction of sp³-hybridized carbons (Fsp3) is 0.294. The zero-order chi connectivity index (χ0) is 13.9. The van der Waals surface area contributed by atoms with Crippen molar-refractivity contribution in [2.24, 2.45) is 0 Å². The zero-order valence-electron chi connectivity index (χ0n) is 11.5. The van der Waals surface area contributed by atoms with Gasteiger partial charge in [-0.15, -0.1) is 11.8 Å². The van der Waals surface area contributed by atoms with Crippen LogP contribution >= 0.6 is 11.8 Å². The first-order chi connectivity index (χ1) is 9.79. The van der Waals surface area contributed by atoms with Crippen molar-refractivity contribution in [1.82, 2.24) is 5.32 Å². The third-order valence-electron chi connectivity index (χ3n) is 3.71. The van der Waals surface area contributed by atoms with Crippen molar-refractivity contribution in [3.05, 3.63) is 65.5 Å². The summed E-state index contributed by atoms with van der Waals surface area (Å²) in [5.41, 5.74) is 2.15. The van der Waals surface area contributed by atoms with Gasteiger partial charge in [-0.3, -0.25) is 0 Å². The van der Waals surface area contributed by atoms with Crippen molar-refractivity contribution in [3.8, 4) is 0 Å². The van der Waals surface area contributed by atoms with Gasteiger partial charge in [0.25, 0.3) is 0 Å². The van der Waals surface area contributed by atoms with Gasteiger partial charge in [-0.2, -0.15) is 0 Å². The number of rotatable bonds is 4. The summed E-state index contributed by atoms with van der Waals surface area (Å²) in [7, 11) is 0. The number of fused-ring (bicyclic) bond motifs is 1. The summed E-state index contributed by atoms with van der Waals surface area (Å²) in [5.74, 6) is -0.116. The molecule has 1 aliphatic heterocycles. The van der Waals surface area contributed by atoms with Gasteiger partial charge >= 0.3 is 0 Å². The zero-order valence-corrected chi connectivity index (χ0v) is 12.3. The van der Waals surface area contributed by atoms with E-state index < -0.39 is 0 Å². The predicted molar refractivity (Wildman–Crippen MR) is 82.6 cm³/mol. The Balaban J connectivity index is 1.88. The first kappa shape index (κ1) is 13.7. The molecule has 2 aromatic carbocycles. The molecule has 0 fully saturated rings. The SMILES string of the molecule is CCNC(c1ccccc1F)C1Cc2ccccc2S1. The first-order valence-electron chi connectivity index (χ1n) is 7.02. The van der Waals surface area contributed by atoms with Gasteiger partial charge in [0, 0.05) is 21.8 Å². The van der Waals surface area contributed by atoms with Crippen LogP contribution < -0.4 is 5.32 Å². The van der Waals surface area contributed by atoms with E-state index in [-0.39, 0.29) is 11.9 Å². The lowest BCUT2D eigenvalue weighted by Gasteiger charge is -2.24. The van der Waals surface area contributed by atoms with Crippen LogP contribution in [0.25, 0.3) is 0 Å². The van der Waals surface area contributed by atoms with Crippen molar-refractivity contribution in [1.29, 1.82) is 0 Å². The van der Waals surface area contributed by atoms with E-state index in [9.17, 15) is 4.39 Å². The number of hydrogen-bond donors (Lipinski definition) is 1. The molecule has 3 rings (SSSR count). The highest BCUT2D eigenvalue weighted by Gasteiger charge is 2.31. The summed E-state index contributed by atoms with van der Waals surface area (Å²) in [4.78, 5) is 1.33. The molecular weight excluding hydrogens is 269 g/mol. The predicted octanol–water partition coefficient (Wildman–Crippen LogP) is 4.19. The average Bonchev–Trinajstić information content (AvgIpc) is 2.89. The van der Waals surface area contributed by atoms with Gasteiger partial charge in [-0.1, -0.05) is 43.3 Å². The van der Waals surface area contributed by atoms with Gasteiger partial charge in [-0.25, -0.2) is 4.39 Å². The van der Waals surface area contributed by atoms with Crippen molar-refractivity contribution in [2.75, 3.05) is 6.54 Å². The van der Waals surface area contributed by atoms with Crippen molar-refractivity contribution < 1.29 is 4.39 Å². The number of nitrogens with one attached hydrogen (secondary N) is 1. The Bertz CT molecular complexity index is 574. The minimum absolute atomic E-state index is 0.0543. The van der Waals surface area contributed by atoms with Crippen LogP contribution in [0.2, 0.25) is 0 Å². The molecule has 20 heavy (non-hydrogen) atoms. The molecule has 0 aliphatic carbocycles. The summed E-state index contributed by atoms with van der Waals surface area (Å²) in [6.45, 7) is 2.91. The third kappa shape index (κ3) is 2.60. The molecule has 0 saturated carbocycles. The third-order valence-corrected chi connectivity index (χ3v) is 5.10. The highest BCUT2D eigenvalue weighted by molar-refractivity contribution is 8.00. The molecule has 0 bridgehead atoms. The van der Waals surface area contributed by atoms with E-state index in [2.05, 4.69) is 36.5 Å². The lowest BCUT2D eigenvalue weighted by molar-refractivity contribution is 0.498. The van der Waals surface area contributed by atoms with Crippen LogP contribution in [0.1, 0.15) is 24.1 Å². The smallest absolute Gasteiger partial charge is 0.128 e. The van der Waals surface area contributed by atoms with Gasteiger partial charge in [0.2, 0.25) is 0 Å². The monoisotopic (exact) mass is 287 g/mol. The van der Waals surface area contributed by atoms with E-state index in [4.69, 9.17) is 0 Å². The second-order valence-electron chi connectivity index (χ2n) is 5.03. The summed E-state index contributed by atoms with van der Waals surface area (Å²) < 4.78 is 14.1. The second kappa shape index (κ2) is 5.98. The molecule has 1 aliphatic rings. The maximum Gasteiger partial charge on any atom is 0.128 e. The van der Waals surface area contributed by atoms with E-state index in [0.717, 1.165) is 18.5 Å². The molecule has 104 valence electrons. The molecule has 0 radical (unpaired) electrons. The summed E-state index contributed by atoms with van der Waals surface area (Å²) >= 11 is 1.86. The summed E-state index contributed by atoms with van der Waals surface area (Å²) in [6, 6.07) is 15.6. The highest BCUT2D eigenvalue weighted by Crippen LogP contribution is 2.42. The molecule has 0 aromatic heterocycles. The van der Waals surface area contributed by atoms with Crippen molar-refractivity contribution >= 4 is 11.8 Å². The molecule has 3 heteroatoms. The van der Waals surface area contributed by atoms with Crippen molar-refractivity contribution in [3.63, 3.8) is 0 Å². The van der Waals surface area contributed by atoms with Crippen LogP contribution in [0.3, 0.4) is 0 Å². The fourth-order valence-corrected chi connectivity index (χ4v) is 4.21. The number of thioether (sulfide) groups is 1. The van der Waals surface area contributed by atoms with E-state index in [1.54, 1.807) is 12.1 Å². The molecule has 2 atom stereocenters. The van der Waals surface area contributed by atoms with Crippen molar-refractivity contribution in [2.45, 2.75) is 29.5 Å². The van der Waals surface area contributed by atoms with Gasteiger partial charge in [0.1, 0.15) is 5.82 Å². The van der Waals surface area contributed by atoms with Crippen LogP contribution in [0.5, 0.6) is 0 Å². The Kier molecular flexibility index (Phi) is 4.08. The Morgan fingerprint density at radius 1 is 1.20 bits per heavy atom. The lowest BCUT2D eigenvalue weighted by Crippen LogP contribution is -2.30.